The van der Waals surface area contributed by atoms with Crippen molar-refractivity contribution in [1.82, 2.24) is 0 Å². The Morgan fingerprint density at radius 2 is 2.00 bits per heavy atom. The fourth-order valence-corrected chi connectivity index (χ4v) is 2.04. The topological polar surface area (TPSA) is 26.0 Å². The van der Waals surface area contributed by atoms with E-state index in [2.05, 4.69) is 20.8 Å². The fraction of sp³-hybridized carbons (Fsp3) is 1.00. The van der Waals surface area contributed by atoms with Crippen molar-refractivity contribution in [2.45, 2.75) is 31.1 Å². The van der Waals surface area contributed by atoms with Crippen LogP contribution in [0.25, 0.3) is 0 Å². The molecular weight excluding hydrogens is 213 g/mol. The Kier molecular flexibility index (Phi) is 4.95. The summed E-state index contributed by atoms with van der Waals surface area (Å²) in [6, 6.07) is 0. The third-order valence-corrected chi connectivity index (χ3v) is 4.52. The predicted molar refractivity (Wildman–Crippen MR) is 33.1 cm³/mol. The predicted octanol–water partition coefficient (Wildman–Crippen LogP) is -1.62. The molecule has 0 aromatic rings. The number of hydrogen-bond acceptors (Lipinski definition) is 1. The van der Waals surface area contributed by atoms with E-state index in [1.165, 1.54) is 6.42 Å². The van der Waals surface area contributed by atoms with Gasteiger partial charge in [0, 0.05) is 0 Å². The minimum absolute atomic E-state index is 0.00116. The Balaban J connectivity index is 3.35. The molecular formula is C6H15IN-. The Hall–Kier alpha value is 0.690. The number of nitrogens with two attached hydrogens (primary N) is 1. The molecule has 0 saturated carbocycles. The van der Waals surface area contributed by atoms with Crippen LogP contribution in [0.1, 0.15) is 27.2 Å². The summed E-state index contributed by atoms with van der Waals surface area (Å²) in [6.45, 7) is 6.72. The molecule has 2 N–H and O–H groups in total. The molecule has 0 aromatic heterocycles. The average molecular weight is 228 g/mol. The first-order valence-electron chi connectivity index (χ1n) is 3.04. The van der Waals surface area contributed by atoms with Crippen molar-refractivity contribution in [1.29, 1.82) is 0 Å². The Bertz CT molecular complexity index is 50.5. The summed E-state index contributed by atoms with van der Waals surface area (Å²) in [4.78, 5) is 0. The van der Waals surface area contributed by atoms with E-state index in [1.807, 2.05) is 0 Å². The number of halogens is 1. The van der Waals surface area contributed by atoms with Crippen molar-refractivity contribution in [3.63, 3.8) is 0 Å². The molecule has 8 heavy (non-hydrogen) atoms. The van der Waals surface area contributed by atoms with E-state index in [1.54, 1.807) is 0 Å². The zero-order valence-corrected chi connectivity index (χ0v) is 7.97. The molecule has 0 aliphatic heterocycles. The van der Waals surface area contributed by atoms with Crippen LogP contribution in [0, 0.1) is 5.92 Å². The molecule has 0 aliphatic rings. The van der Waals surface area contributed by atoms with Crippen LogP contribution < -0.4 is 25.4 Å². The molecule has 0 spiro atoms. The van der Waals surface area contributed by atoms with Gasteiger partial charge >= 0.3 is 62.5 Å². The van der Waals surface area contributed by atoms with Crippen LogP contribution in [-0.4, -0.2) is 3.92 Å². The van der Waals surface area contributed by atoms with E-state index in [0.29, 0.717) is 0 Å². The number of hydrogen-bond donors (Lipinski definition) is 1. The first kappa shape index (κ1) is 8.69. The summed E-state index contributed by atoms with van der Waals surface area (Å²) in [5.74, 6) is 0.804. The molecule has 0 aliphatic carbocycles. The molecule has 0 bridgehead atoms. The monoisotopic (exact) mass is 228 g/mol. The molecule has 0 saturated heterocycles. The molecule has 0 heterocycles. The van der Waals surface area contributed by atoms with E-state index >= 15 is 0 Å². The van der Waals surface area contributed by atoms with Crippen molar-refractivity contribution in [3.8, 4) is 0 Å². The molecule has 0 rings (SSSR count). The van der Waals surface area contributed by atoms with Crippen molar-refractivity contribution in [3.05, 3.63) is 0 Å². The average Bonchev–Trinajstić information content (AvgIpc) is 1.69. The van der Waals surface area contributed by atoms with Crippen LogP contribution in [0.5, 0.6) is 0 Å². The molecule has 0 aromatic carbocycles. The van der Waals surface area contributed by atoms with E-state index in [4.69, 9.17) is 3.95 Å². The first-order valence-corrected chi connectivity index (χ1v) is 5.53. The second kappa shape index (κ2) is 4.56. The molecule has 0 fully saturated rings. The van der Waals surface area contributed by atoms with Gasteiger partial charge in [-0.25, -0.2) is 0 Å². The summed E-state index contributed by atoms with van der Waals surface area (Å²) < 4.78 is 6.44. The van der Waals surface area contributed by atoms with E-state index in [0.717, 1.165) is 9.84 Å². The van der Waals surface area contributed by atoms with Crippen LogP contribution in [-0.2, 0) is 0 Å². The first-order chi connectivity index (χ1) is 3.72. The number of alkyl halides is 1. The second-order valence-corrected chi connectivity index (χ2v) is 4.61. The second-order valence-electron chi connectivity index (χ2n) is 2.29. The van der Waals surface area contributed by atoms with Crippen molar-refractivity contribution < 1.29 is 21.5 Å². The van der Waals surface area contributed by atoms with Gasteiger partial charge in [-0.3, -0.25) is 0 Å². The third kappa shape index (κ3) is 2.87. The minimum atomic E-state index is 0.00116. The summed E-state index contributed by atoms with van der Waals surface area (Å²) in [5, 5.41) is 0. The summed E-state index contributed by atoms with van der Waals surface area (Å²) >= 11 is 0.00116. The van der Waals surface area contributed by atoms with Crippen LogP contribution >= 0.6 is 0 Å². The zero-order chi connectivity index (χ0) is 6.57. The SMILES string of the molecule is CCC([I-]N)C(C)C. The molecule has 1 unspecified atom stereocenters. The van der Waals surface area contributed by atoms with Crippen LogP contribution in [0.2, 0.25) is 0 Å². The van der Waals surface area contributed by atoms with E-state index < -0.39 is 0 Å². The molecule has 1 atom stereocenters. The third-order valence-electron chi connectivity index (χ3n) is 1.28. The summed E-state index contributed by atoms with van der Waals surface area (Å²) in [5.41, 5.74) is 0. The summed E-state index contributed by atoms with van der Waals surface area (Å²) in [7, 11) is 0. The van der Waals surface area contributed by atoms with Crippen LogP contribution in [0.15, 0.2) is 0 Å². The fourth-order valence-electron chi connectivity index (χ4n) is 0.706. The van der Waals surface area contributed by atoms with Crippen molar-refractivity contribution in [2.24, 2.45) is 9.86 Å². The summed E-state index contributed by atoms with van der Waals surface area (Å²) in [6.07, 6.45) is 1.27. The molecule has 2 heteroatoms. The normalized spacial score (nSPS) is 15.1. The van der Waals surface area contributed by atoms with E-state index in [-0.39, 0.29) is 21.5 Å². The molecule has 1 nitrogen and oxygen atoms in total. The molecule has 52 valence electrons. The standard InChI is InChI=1S/C6H15IN/c1-4-6(7-8)5(2)3/h5-6H,4,8H2,1-3H3/q-1. The van der Waals surface area contributed by atoms with Crippen LogP contribution in [0.3, 0.4) is 0 Å². The zero-order valence-electron chi connectivity index (χ0n) is 5.82. The Morgan fingerprint density at radius 3 is 2.00 bits per heavy atom. The van der Waals surface area contributed by atoms with Gasteiger partial charge in [0.1, 0.15) is 0 Å². The van der Waals surface area contributed by atoms with Gasteiger partial charge in [-0.1, -0.05) is 0 Å². The maximum absolute atomic E-state index is 5.59. The Morgan fingerprint density at radius 1 is 1.50 bits per heavy atom. The van der Waals surface area contributed by atoms with Crippen molar-refractivity contribution >= 4 is 0 Å². The van der Waals surface area contributed by atoms with Gasteiger partial charge in [0.05, 0.1) is 0 Å². The van der Waals surface area contributed by atoms with Crippen molar-refractivity contribution in [2.75, 3.05) is 0 Å². The van der Waals surface area contributed by atoms with Gasteiger partial charge in [-0.2, -0.15) is 0 Å². The maximum atomic E-state index is 5.59. The van der Waals surface area contributed by atoms with Gasteiger partial charge in [-0.05, 0) is 0 Å². The Labute approximate surface area is 62.6 Å². The molecule has 0 radical (unpaired) electrons. The quantitative estimate of drug-likeness (QED) is 0.351. The van der Waals surface area contributed by atoms with E-state index in [9.17, 15) is 0 Å². The van der Waals surface area contributed by atoms with Gasteiger partial charge in [0.25, 0.3) is 0 Å². The van der Waals surface area contributed by atoms with Gasteiger partial charge in [0.15, 0.2) is 0 Å². The van der Waals surface area contributed by atoms with Gasteiger partial charge in [-0.15, -0.1) is 0 Å². The van der Waals surface area contributed by atoms with Gasteiger partial charge < -0.3 is 0 Å². The molecule has 0 amide bonds. The van der Waals surface area contributed by atoms with Crippen LogP contribution in [0.4, 0.5) is 0 Å². The van der Waals surface area contributed by atoms with Gasteiger partial charge in [0.2, 0.25) is 0 Å². The number of rotatable bonds is 3.